The van der Waals surface area contributed by atoms with Crippen LogP contribution in [0, 0.1) is 20.8 Å². The second-order valence-corrected chi connectivity index (χ2v) is 5.67. The topological polar surface area (TPSA) is 73.6 Å². The van der Waals surface area contributed by atoms with Gasteiger partial charge in [0.25, 0.3) is 0 Å². The Bertz CT molecular complexity index is 692. The zero-order chi connectivity index (χ0) is 17.0. The maximum atomic E-state index is 10.7. The summed E-state index contributed by atoms with van der Waals surface area (Å²) in [6.07, 6.45) is 6.71. The van der Waals surface area contributed by atoms with Crippen molar-refractivity contribution in [2.45, 2.75) is 33.6 Å². The van der Waals surface area contributed by atoms with Crippen molar-refractivity contribution in [3.05, 3.63) is 58.4 Å². The number of aromatic hydroxyl groups is 2. The van der Waals surface area contributed by atoms with Gasteiger partial charge < -0.3 is 15.3 Å². The van der Waals surface area contributed by atoms with Gasteiger partial charge in [-0.2, -0.15) is 0 Å². The monoisotopic (exact) mass is 313 g/mol. The molecule has 0 fully saturated rings. The average Bonchev–Trinajstić information content (AvgIpc) is 2.58. The summed E-state index contributed by atoms with van der Waals surface area (Å²) in [5.74, 6) is 0.379. The highest BCUT2D eigenvalue weighted by Crippen LogP contribution is 2.42. The van der Waals surface area contributed by atoms with E-state index in [-0.39, 0.29) is 18.1 Å². The molecule has 1 aromatic carbocycles. The van der Waals surface area contributed by atoms with Gasteiger partial charge in [0.1, 0.15) is 11.5 Å². The van der Waals surface area contributed by atoms with Gasteiger partial charge in [-0.3, -0.25) is 4.98 Å². The summed E-state index contributed by atoms with van der Waals surface area (Å²) in [7, 11) is 0. The molecule has 0 saturated heterocycles. The van der Waals surface area contributed by atoms with E-state index >= 15 is 0 Å². The Labute approximate surface area is 136 Å². The summed E-state index contributed by atoms with van der Waals surface area (Å²) in [6.45, 7) is 5.50. The van der Waals surface area contributed by atoms with Crippen LogP contribution in [0.1, 0.15) is 40.7 Å². The SMILES string of the molecule is Cc1c(C)c(O)c(/C(=C/CCCO)c2cccnc2)c(C)c1O. The second kappa shape index (κ2) is 7.29. The molecule has 0 radical (unpaired) electrons. The lowest BCUT2D eigenvalue weighted by molar-refractivity contribution is 0.289. The van der Waals surface area contributed by atoms with Crippen molar-refractivity contribution in [3.8, 4) is 11.5 Å². The molecule has 0 spiro atoms. The third-order valence-corrected chi connectivity index (χ3v) is 4.19. The highest BCUT2D eigenvalue weighted by atomic mass is 16.3. The molecular weight excluding hydrogens is 290 g/mol. The van der Waals surface area contributed by atoms with E-state index < -0.39 is 0 Å². The van der Waals surface area contributed by atoms with Gasteiger partial charge in [0.2, 0.25) is 0 Å². The van der Waals surface area contributed by atoms with Crippen molar-refractivity contribution in [1.29, 1.82) is 0 Å². The molecule has 0 atom stereocenters. The van der Waals surface area contributed by atoms with Gasteiger partial charge in [0.15, 0.2) is 0 Å². The fourth-order valence-corrected chi connectivity index (χ4v) is 2.67. The smallest absolute Gasteiger partial charge is 0.127 e. The van der Waals surface area contributed by atoms with Crippen LogP contribution in [0.3, 0.4) is 0 Å². The lowest BCUT2D eigenvalue weighted by atomic mass is 9.89. The number of aliphatic hydroxyl groups is 1. The molecule has 23 heavy (non-hydrogen) atoms. The summed E-state index contributed by atoms with van der Waals surface area (Å²) in [6, 6.07) is 3.76. The van der Waals surface area contributed by atoms with Crippen molar-refractivity contribution in [2.24, 2.45) is 0 Å². The normalized spacial score (nSPS) is 11.7. The number of nitrogens with zero attached hydrogens (tertiary/aromatic N) is 1. The van der Waals surface area contributed by atoms with Crippen LogP contribution in [0.15, 0.2) is 30.6 Å². The van der Waals surface area contributed by atoms with Crippen molar-refractivity contribution in [2.75, 3.05) is 6.61 Å². The molecule has 0 unspecified atom stereocenters. The molecule has 0 amide bonds. The molecule has 3 N–H and O–H groups in total. The van der Waals surface area contributed by atoms with Crippen LogP contribution in [0.2, 0.25) is 0 Å². The Morgan fingerprint density at radius 3 is 2.39 bits per heavy atom. The van der Waals surface area contributed by atoms with Crippen LogP contribution >= 0.6 is 0 Å². The first-order valence-corrected chi connectivity index (χ1v) is 7.72. The standard InChI is InChI=1S/C19H23NO3/c1-12-13(2)19(23)17(14(3)18(12)22)16(8-4-5-10-21)15-7-6-9-20-11-15/h6-9,11,21-23H,4-5,10H2,1-3H3/b16-8+. The zero-order valence-corrected chi connectivity index (χ0v) is 13.8. The second-order valence-electron chi connectivity index (χ2n) is 5.67. The number of phenolic OH excluding ortho intramolecular Hbond substituents is 2. The molecule has 122 valence electrons. The van der Waals surface area contributed by atoms with Gasteiger partial charge in [-0.15, -0.1) is 0 Å². The number of benzene rings is 1. The van der Waals surface area contributed by atoms with E-state index in [9.17, 15) is 10.2 Å². The minimum Gasteiger partial charge on any atom is -0.507 e. The highest BCUT2D eigenvalue weighted by molar-refractivity contribution is 5.86. The average molecular weight is 313 g/mol. The van der Waals surface area contributed by atoms with E-state index in [1.54, 1.807) is 33.2 Å². The number of hydrogen-bond acceptors (Lipinski definition) is 4. The lowest BCUT2D eigenvalue weighted by Gasteiger charge is -2.18. The maximum Gasteiger partial charge on any atom is 0.127 e. The zero-order valence-electron chi connectivity index (χ0n) is 13.8. The molecule has 4 heteroatoms. The van der Waals surface area contributed by atoms with Gasteiger partial charge in [0.05, 0.1) is 0 Å². The molecule has 2 aromatic rings. The lowest BCUT2D eigenvalue weighted by Crippen LogP contribution is -1.98. The Hall–Kier alpha value is -2.33. The number of aromatic nitrogens is 1. The van der Waals surface area contributed by atoms with E-state index in [2.05, 4.69) is 4.98 Å². The maximum absolute atomic E-state index is 10.7. The summed E-state index contributed by atoms with van der Waals surface area (Å²) < 4.78 is 0. The quantitative estimate of drug-likeness (QED) is 0.582. The molecule has 0 aliphatic carbocycles. The number of allylic oxidation sites excluding steroid dienone is 1. The largest absolute Gasteiger partial charge is 0.507 e. The van der Waals surface area contributed by atoms with Gasteiger partial charge in [-0.25, -0.2) is 0 Å². The van der Waals surface area contributed by atoms with E-state index in [0.717, 1.165) is 11.1 Å². The number of unbranched alkanes of at least 4 members (excludes halogenated alkanes) is 1. The van der Waals surface area contributed by atoms with Crippen LogP contribution in [-0.4, -0.2) is 26.9 Å². The molecule has 1 aromatic heterocycles. The van der Waals surface area contributed by atoms with Crippen LogP contribution in [0.4, 0.5) is 0 Å². The summed E-state index contributed by atoms with van der Waals surface area (Å²) >= 11 is 0. The van der Waals surface area contributed by atoms with Gasteiger partial charge in [-0.1, -0.05) is 12.1 Å². The summed E-state index contributed by atoms with van der Waals surface area (Å²) in [5, 5.41) is 30.0. The Kier molecular flexibility index (Phi) is 5.40. The van der Waals surface area contributed by atoms with Crippen molar-refractivity contribution >= 4 is 5.57 Å². The third kappa shape index (κ3) is 3.37. The van der Waals surface area contributed by atoms with Crippen LogP contribution in [0.5, 0.6) is 11.5 Å². The van der Waals surface area contributed by atoms with Gasteiger partial charge in [0, 0.05) is 35.7 Å². The van der Waals surface area contributed by atoms with E-state index in [0.29, 0.717) is 35.1 Å². The highest BCUT2D eigenvalue weighted by Gasteiger charge is 2.20. The van der Waals surface area contributed by atoms with Crippen LogP contribution in [0.25, 0.3) is 5.57 Å². The molecule has 0 aliphatic heterocycles. The predicted octanol–water partition coefficient (Wildman–Crippen LogP) is 3.62. The van der Waals surface area contributed by atoms with Crippen molar-refractivity contribution in [1.82, 2.24) is 4.98 Å². The Morgan fingerprint density at radius 1 is 1.09 bits per heavy atom. The third-order valence-electron chi connectivity index (χ3n) is 4.19. The van der Waals surface area contributed by atoms with E-state index in [1.165, 1.54) is 0 Å². The molecule has 4 nitrogen and oxygen atoms in total. The number of aliphatic hydroxyl groups excluding tert-OH is 1. The van der Waals surface area contributed by atoms with Gasteiger partial charge in [-0.05, 0) is 56.4 Å². The number of rotatable bonds is 5. The Balaban J connectivity index is 2.68. The predicted molar refractivity (Wildman–Crippen MR) is 91.6 cm³/mol. The van der Waals surface area contributed by atoms with E-state index in [1.807, 2.05) is 18.2 Å². The molecular formula is C19H23NO3. The Morgan fingerprint density at radius 2 is 1.78 bits per heavy atom. The van der Waals surface area contributed by atoms with Crippen molar-refractivity contribution < 1.29 is 15.3 Å². The summed E-state index contributed by atoms with van der Waals surface area (Å²) in [4.78, 5) is 4.15. The first kappa shape index (κ1) is 17.0. The first-order chi connectivity index (χ1) is 11.0. The van der Waals surface area contributed by atoms with Crippen molar-refractivity contribution in [3.63, 3.8) is 0 Å². The first-order valence-electron chi connectivity index (χ1n) is 7.72. The molecule has 0 bridgehead atoms. The molecule has 0 saturated carbocycles. The molecule has 2 rings (SSSR count). The number of phenols is 2. The number of hydrogen-bond donors (Lipinski definition) is 3. The number of pyridine rings is 1. The minimum atomic E-state index is 0.111. The van der Waals surface area contributed by atoms with Crippen LogP contribution in [-0.2, 0) is 0 Å². The fraction of sp³-hybridized carbons (Fsp3) is 0.316. The molecule has 0 aliphatic rings. The summed E-state index contributed by atoms with van der Waals surface area (Å²) in [5.41, 5.74) is 4.30. The van der Waals surface area contributed by atoms with Gasteiger partial charge >= 0.3 is 0 Å². The van der Waals surface area contributed by atoms with E-state index in [4.69, 9.17) is 5.11 Å². The fourth-order valence-electron chi connectivity index (χ4n) is 2.67. The van der Waals surface area contributed by atoms with Crippen LogP contribution < -0.4 is 0 Å². The minimum absolute atomic E-state index is 0.111. The molecule has 1 heterocycles.